The molecule has 0 saturated carbocycles. The van der Waals surface area contributed by atoms with E-state index >= 15 is 0 Å². The van der Waals surface area contributed by atoms with E-state index in [0.29, 0.717) is 24.0 Å². The van der Waals surface area contributed by atoms with Gasteiger partial charge in [0.2, 0.25) is 5.91 Å². The van der Waals surface area contributed by atoms with E-state index in [0.717, 1.165) is 5.70 Å². The van der Waals surface area contributed by atoms with Crippen molar-refractivity contribution in [1.82, 2.24) is 10.0 Å². The van der Waals surface area contributed by atoms with Crippen LogP contribution in [0.1, 0.15) is 44.6 Å². The average Bonchev–Trinajstić information content (AvgIpc) is 2.52. The summed E-state index contributed by atoms with van der Waals surface area (Å²) in [6.07, 6.45) is 1.15. The van der Waals surface area contributed by atoms with E-state index in [9.17, 15) is 19.7 Å². The molecule has 0 N–H and O–H groups in total. The summed E-state index contributed by atoms with van der Waals surface area (Å²) < 4.78 is 0. The molecular formula is C19H23N3O4. The second-order valence-electron chi connectivity index (χ2n) is 7.96. The standard InChI is InChI=1S/C19H23N3O4/c1-19(2)10-15-18(16(23)11-19)14(9-17(24)21(15)20(3)4)12-6-5-7-13(8-12)22(25)26/h5-8,14H,9-11H2,1-4H3/t14-/m1/s1. The Kier molecular flexibility index (Phi) is 4.44. The zero-order valence-electron chi connectivity index (χ0n) is 15.5. The molecule has 0 fully saturated rings. The van der Waals surface area contributed by atoms with E-state index < -0.39 is 10.8 Å². The lowest BCUT2D eigenvalue weighted by molar-refractivity contribution is -0.384. The minimum atomic E-state index is -0.457. The van der Waals surface area contributed by atoms with Crippen LogP contribution in [0.4, 0.5) is 5.69 Å². The van der Waals surface area contributed by atoms with E-state index in [2.05, 4.69) is 0 Å². The molecule has 0 spiro atoms. The number of nitro groups is 1. The zero-order chi connectivity index (χ0) is 19.2. The first kappa shape index (κ1) is 18.3. The molecule has 26 heavy (non-hydrogen) atoms. The molecule has 138 valence electrons. The number of carbonyl (C=O) groups excluding carboxylic acids is 2. The molecule has 1 aliphatic heterocycles. The molecule has 3 rings (SSSR count). The molecule has 0 bridgehead atoms. The van der Waals surface area contributed by atoms with Gasteiger partial charge in [-0.2, -0.15) is 0 Å². The van der Waals surface area contributed by atoms with E-state index in [4.69, 9.17) is 0 Å². The van der Waals surface area contributed by atoms with Gasteiger partial charge in [0.1, 0.15) is 0 Å². The number of nitro benzene ring substituents is 1. The van der Waals surface area contributed by atoms with Gasteiger partial charge in [-0.15, -0.1) is 0 Å². The first-order valence-corrected chi connectivity index (χ1v) is 8.61. The molecule has 7 heteroatoms. The summed E-state index contributed by atoms with van der Waals surface area (Å²) in [5.74, 6) is -0.514. The Balaban J connectivity index is 2.16. The van der Waals surface area contributed by atoms with Gasteiger partial charge in [0, 0.05) is 56.3 Å². The molecule has 2 aliphatic rings. The van der Waals surface area contributed by atoms with Crippen LogP contribution in [-0.2, 0) is 9.59 Å². The molecule has 1 aromatic rings. The number of rotatable bonds is 3. The van der Waals surface area contributed by atoms with Crippen molar-refractivity contribution in [2.24, 2.45) is 5.41 Å². The maximum absolute atomic E-state index is 13.0. The van der Waals surface area contributed by atoms with E-state index in [1.54, 1.807) is 36.2 Å². The fraction of sp³-hybridized carbons (Fsp3) is 0.474. The predicted molar refractivity (Wildman–Crippen MR) is 96.0 cm³/mol. The van der Waals surface area contributed by atoms with Crippen molar-refractivity contribution >= 4 is 17.4 Å². The molecule has 0 unspecified atom stereocenters. The summed E-state index contributed by atoms with van der Waals surface area (Å²) in [6.45, 7) is 4.04. The van der Waals surface area contributed by atoms with Gasteiger partial charge in [-0.25, -0.2) is 10.0 Å². The van der Waals surface area contributed by atoms with E-state index in [1.165, 1.54) is 12.1 Å². The number of hydrogen-bond acceptors (Lipinski definition) is 5. The molecule has 0 saturated heterocycles. The maximum Gasteiger partial charge on any atom is 0.269 e. The van der Waals surface area contributed by atoms with Crippen molar-refractivity contribution in [3.8, 4) is 0 Å². The summed E-state index contributed by atoms with van der Waals surface area (Å²) in [4.78, 5) is 36.5. The third-order valence-corrected chi connectivity index (χ3v) is 5.00. The minimum Gasteiger partial charge on any atom is -0.294 e. The van der Waals surface area contributed by atoms with Gasteiger partial charge < -0.3 is 0 Å². The van der Waals surface area contributed by atoms with Crippen molar-refractivity contribution in [3.05, 3.63) is 51.2 Å². The minimum absolute atomic E-state index is 0.0205. The lowest BCUT2D eigenvalue weighted by atomic mass is 9.69. The van der Waals surface area contributed by atoms with Crippen LogP contribution in [0.2, 0.25) is 0 Å². The molecule has 1 amide bonds. The van der Waals surface area contributed by atoms with Crippen molar-refractivity contribution in [3.63, 3.8) is 0 Å². The summed E-state index contributed by atoms with van der Waals surface area (Å²) in [5, 5.41) is 14.4. The fourth-order valence-corrected chi connectivity index (χ4v) is 4.00. The molecule has 1 aliphatic carbocycles. The second kappa shape index (κ2) is 6.32. The first-order valence-electron chi connectivity index (χ1n) is 8.61. The Morgan fingerprint density at radius 1 is 1.23 bits per heavy atom. The lowest BCUT2D eigenvalue weighted by Crippen LogP contribution is -2.49. The van der Waals surface area contributed by atoms with Gasteiger partial charge in [0.25, 0.3) is 5.69 Å². The highest BCUT2D eigenvalue weighted by atomic mass is 16.6. The molecule has 7 nitrogen and oxygen atoms in total. The molecular weight excluding hydrogens is 334 g/mol. The number of amides is 1. The first-order chi connectivity index (χ1) is 12.1. The predicted octanol–water partition coefficient (Wildman–Crippen LogP) is 3.03. The highest BCUT2D eigenvalue weighted by Gasteiger charge is 2.44. The van der Waals surface area contributed by atoms with Gasteiger partial charge in [-0.1, -0.05) is 26.0 Å². The highest BCUT2D eigenvalue weighted by molar-refractivity contribution is 6.02. The number of hydrazine groups is 1. The monoisotopic (exact) mass is 357 g/mol. The normalized spacial score (nSPS) is 22.7. The molecule has 0 radical (unpaired) electrons. The largest absolute Gasteiger partial charge is 0.294 e. The van der Waals surface area contributed by atoms with Gasteiger partial charge in [-0.05, 0) is 17.4 Å². The number of nitrogens with zero attached hydrogens (tertiary/aromatic N) is 3. The topological polar surface area (TPSA) is 83.8 Å². The lowest BCUT2D eigenvalue weighted by Gasteiger charge is -2.44. The highest BCUT2D eigenvalue weighted by Crippen LogP contribution is 2.47. The third kappa shape index (κ3) is 3.14. The number of hydrogen-bond donors (Lipinski definition) is 0. The van der Waals surface area contributed by atoms with Crippen molar-refractivity contribution in [2.45, 2.75) is 39.0 Å². The number of non-ortho nitro benzene ring substituents is 1. The summed E-state index contributed by atoms with van der Waals surface area (Å²) in [5.41, 5.74) is 1.74. The van der Waals surface area contributed by atoms with Gasteiger partial charge in [0.05, 0.1) is 4.92 Å². The van der Waals surface area contributed by atoms with Crippen molar-refractivity contribution < 1.29 is 14.5 Å². The smallest absolute Gasteiger partial charge is 0.269 e. The Labute approximate surface area is 152 Å². The van der Waals surface area contributed by atoms with E-state index in [-0.39, 0.29) is 29.2 Å². The van der Waals surface area contributed by atoms with Crippen molar-refractivity contribution in [2.75, 3.05) is 14.1 Å². The maximum atomic E-state index is 13.0. The van der Waals surface area contributed by atoms with Crippen LogP contribution in [0, 0.1) is 15.5 Å². The van der Waals surface area contributed by atoms with Crippen LogP contribution < -0.4 is 0 Å². The van der Waals surface area contributed by atoms with Gasteiger partial charge in [0.15, 0.2) is 5.78 Å². The zero-order valence-corrected chi connectivity index (χ0v) is 15.5. The van der Waals surface area contributed by atoms with Gasteiger partial charge >= 0.3 is 0 Å². The number of ketones is 1. The quantitative estimate of drug-likeness (QED) is 0.613. The molecule has 0 aromatic heterocycles. The molecule has 1 atom stereocenters. The van der Waals surface area contributed by atoms with Crippen LogP contribution in [0.3, 0.4) is 0 Å². The number of allylic oxidation sites excluding steroid dienone is 2. The fourth-order valence-electron chi connectivity index (χ4n) is 4.00. The van der Waals surface area contributed by atoms with Crippen LogP contribution in [0.5, 0.6) is 0 Å². The second-order valence-corrected chi connectivity index (χ2v) is 7.96. The van der Waals surface area contributed by atoms with Crippen molar-refractivity contribution in [1.29, 1.82) is 0 Å². The Morgan fingerprint density at radius 2 is 1.92 bits per heavy atom. The summed E-state index contributed by atoms with van der Waals surface area (Å²) in [7, 11) is 3.56. The number of carbonyl (C=O) groups is 2. The third-order valence-electron chi connectivity index (χ3n) is 5.00. The van der Waals surface area contributed by atoms with Crippen LogP contribution in [0.25, 0.3) is 0 Å². The SMILES string of the molecule is CN(C)N1C(=O)C[C@H](c2cccc([N+](=O)[O-])c2)C2=C1CC(C)(C)CC2=O. The van der Waals surface area contributed by atoms with Crippen LogP contribution >= 0.6 is 0 Å². The van der Waals surface area contributed by atoms with Crippen LogP contribution in [-0.4, -0.2) is 40.7 Å². The Hall–Kier alpha value is -2.54. The molecule has 1 heterocycles. The summed E-state index contributed by atoms with van der Waals surface area (Å²) >= 11 is 0. The Morgan fingerprint density at radius 3 is 2.54 bits per heavy atom. The average molecular weight is 357 g/mol. The Bertz CT molecular complexity index is 826. The number of benzene rings is 1. The summed E-state index contributed by atoms with van der Waals surface area (Å²) in [6, 6.07) is 6.25. The molecule has 1 aromatic carbocycles. The van der Waals surface area contributed by atoms with Gasteiger partial charge in [-0.3, -0.25) is 19.7 Å². The van der Waals surface area contributed by atoms with E-state index in [1.807, 2.05) is 13.8 Å². The van der Waals surface area contributed by atoms with Crippen LogP contribution in [0.15, 0.2) is 35.5 Å². The number of Topliss-reactive ketones (excluding diaryl/α,β-unsaturated/α-hetero) is 1.